The van der Waals surface area contributed by atoms with Gasteiger partial charge in [-0.05, 0) is 62.4 Å². The van der Waals surface area contributed by atoms with Crippen molar-refractivity contribution in [2.75, 3.05) is 9.80 Å². The summed E-state index contributed by atoms with van der Waals surface area (Å²) in [5.74, 6) is -0.991. The number of amides is 2. The van der Waals surface area contributed by atoms with Crippen molar-refractivity contribution in [2.24, 2.45) is 0 Å². The summed E-state index contributed by atoms with van der Waals surface area (Å²) in [6, 6.07) is 13.1. The Bertz CT molecular complexity index is 1150. The average Bonchev–Trinajstić information content (AvgIpc) is 3.22. The Morgan fingerprint density at radius 2 is 0.969 bits per heavy atom. The summed E-state index contributed by atoms with van der Waals surface area (Å²) in [5.41, 5.74) is 2.08. The van der Waals surface area contributed by atoms with E-state index in [1.165, 1.54) is 23.6 Å². The van der Waals surface area contributed by atoms with Crippen LogP contribution in [0.15, 0.2) is 58.3 Å². The summed E-state index contributed by atoms with van der Waals surface area (Å²) >= 11 is 12.9. The van der Waals surface area contributed by atoms with Gasteiger partial charge in [0.2, 0.25) is 0 Å². The van der Waals surface area contributed by atoms with Crippen LogP contribution in [0.1, 0.15) is 34.6 Å². The molecule has 160 valence electrons. The van der Waals surface area contributed by atoms with E-state index in [0.717, 1.165) is 23.5 Å². The van der Waals surface area contributed by atoms with Gasteiger partial charge >= 0.3 is 0 Å². The van der Waals surface area contributed by atoms with Gasteiger partial charge in [0, 0.05) is 11.1 Å². The first-order valence-corrected chi connectivity index (χ1v) is 11.7. The van der Waals surface area contributed by atoms with Gasteiger partial charge in [-0.2, -0.15) is 0 Å². The predicted octanol–water partition coefficient (Wildman–Crippen LogP) is 4.73. The van der Waals surface area contributed by atoms with Crippen LogP contribution >= 0.6 is 48.0 Å². The van der Waals surface area contributed by atoms with Gasteiger partial charge in [0.05, 0.1) is 21.2 Å². The number of thiocarbonyl (C=S) groups is 2. The van der Waals surface area contributed by atoms with Gasteiger partial charge in [-0.3, -0.25) is 29.0 Å². The molecule has 0 aromatic heterocycles. The lowest BCUT2D eigenvalue weighted by molar-refractivity contribution is -0.115. The second-order valence-electron chi connectivity index (χ2n) is 6.88. The Kier molecular flexibility index (Phi) is 6.13. The monoisotopic (exact) mass is 498 g/mol. The maximum Gasteiger partial charge on any atom is 0.272 e. The molecule has 2 heterocycles. The number of benzene rings is 2. The summed E-state index contributed by atoms with van der Waals surface area (Å²) in [6.45, 7) is 2.93. The standard InChI is InChI=1S/C22H14N2O4S4/c1-11(25)13-3-7-15(8-4-13)23-19(27)17(31-21(23)29)18-20(28)24(22(30)32-18)16-9-5-14(6-10-16)12(2)26/h3-10H,1-2H3/b18-17+. The first-order chi connectivity index (χ1) is 15.2. The number of nitrogens with zero attached hydrogens (tertiary/aromatic N) is 2. The number of carbonyl (C=O) groups is 4. The molecule has 2 saturated heterocycles. The highest BCUT2D eigenvalue weighted by molar-refractivity contribution is 8.30. The van der Waals surface area contributed by atoms with Gasteiger partial charge in [0.15, 0.2) is 20.2 Å². The van der Waals surface area contributed by atoms with Gasteiger partial charge in [0.1, 0.15) is 0 Å². The van der Waals surface area contributed by atoms with Crippen LogP contribution in [0.2, 0.25) is 0 Å². The molecule has 0 radical (unpaired) electrons. The number of rotatable bonds is 4. The van der Waals surface area contributed by atoms with E-state index in [9.17, 15) is 19.2 Å². The summed E-state index contributed by atoms with van der Waals surface area (Å²) in [7, 11) is 0. The highest BCUT2D eigenvalue weighted by Crippen LogP contribution is 2.44. The molecule has 2 aromatic carbocycles. The zero-order chi connectivity index (χ0) is 23.2. The molecule has 10 heteroatoms. The molecule has 2 fully saturated rings. The van der Waals surface area contributed by atoms with Gasteiger partial charge in [-0.25, -0.2) is 0 Å². The van der Waals surface area contributed by atoms with Gasteiger partial charge in [-0.1, -0.05) is 48.0 Å². The topological polar surface area (TPSA) is 74.8 Å². The quantitative estimate of drug-likeness (QED) is 0.340. The van der Waals surface area contributed by atoms with Crippen LogP contribution in [0.5, 0.6) is 0 Å². The Morgan fingerprint density at radius 1 is 0.656 bits per heavy atom. The van der Waals surface area contributed by atoms with E-state index in [0.29, 0.717) is 22.5 Å². The Labute approximate surface area is 203 Å². The lowest BCUT2D eigenvalue weighted by Crippen LogP contribution is -2.29. The zero-order valence-electron chi connectivity index (χ0n) is 16.8. The normalized spacial score (nSPS) is 18.7. The van der Waals surface area contributed by atoms with Gasteiger partial charge < -0.3 is 0 Å². The molecule has 0 bridgehead atoms. The lowest BCUT2D eigenvalue weighted by atomic mass is 10.1. The van der Waals surface area contributed by atoms with Crippen LogP contribution in [0, 0.1) is 0 Å². The predicted molar refractivity (Wildman–Crippen MR) is 135 cm³/mol. The van der Waals surface area contributed by atoms with Crippen LogP contribution in [-0.2, 0) is 9.59 Å². The number of carbonyl (C=O) groups excluding carboxylic acids is 4. The second-order valence-corrected chi connectivity index (χ2v) is 10.2. The maximum atomic E-state index is 13.2. The molecule has 0 aliphatic carbocycles. The lowest BCUT2D eigenvalue weighted by Gasteiger charge is -2.15. The van der Waals surface area contributed by atoms with E-state index in [-0.39, 0.29) is 30.0 Å². The molecule has 0 saturated carbocycles. The SMILES string of the molecule is CC(=O)c1ccc(N2C(=O)/C(=C3\SC(=S)N(c4ccc(C(C)=O)cc4)C3=O)SC2=S)cc1. The minimum absolute atomic E-state index is 0.0815. The van der Waals surface area contributed by atoms with Crippen LogP contribution in [0.3, 0.4) is 0 Å². The third-order valence-corrected chi connectivity index (χ3v) is 7.68. The van der Waals surface area contributed by atoms with Crippen molar-refractivity contribution in [3.05, 3.63) is 69.5 Å². The molecular weight excluding hydrogens is 485 g/mol. The Hall–Kier alpha value is -2.66. The highest BCUT2D eigenvalue weighted by atomic mass is 32.2. The maximum absolute atomic E-state index is 13.2. The Balaban J connectivity index is 1.65. The van der Waals surface area contributed by atoms with Crippen molar-refractivity contribution in [3.63, 3.8) is 0 Å². The highest BCUT2D eigenvalue weighted by Gasteiger charge is 2.43. The molecule has 0 unspecified atom stereocenters. The molecule has 2 aliphatic rings. The van der Waals surface area contributed by atoms with Crippen molar-refractivity contribution in [2.45, 2.75) is 13.8 Å². The third-order valence-electron chi connectivity index (χ3n) is 4.81. The molecule has 2 amide bonds. The van der Waals surface area contributed by atoms with Crippen LogP contribution in [0.4, 0.5) is 11.4 Å². The average molecular weight is 499 g/mol. The number of hydrogen-bond donors (Lipinski definition) is 0. The zero-order valence-corrected chi connectivity index (χ0v) is 20.0. The van der Waals surface area contributed by atoms with Crippen LogP contribution in [-0.4, -0.2) is 32.0 Å². The number of anilines is 2. The van der Waals surface area contributed by atoms with E-state index in [1.807, 2.05) is 0 Å². The molecule has 0 spiro atoms. The molecule has 0 atom stereocenters. The molecule has 2 aliphatic heterocycles. The van der Waals surface area contributed by atoms with Crippen LogP contribution in [0.25, 0.3) is 0 Å². The number of hydrogen-bond acceptors (Lipinski definition) is 8. The van der Waals surface area contributed by atoms with Gasteiger partial charge in [-0.15, -0.1) is 0 Å². The summed E-state index contributed by atoms with van der Waals surface area (Å²) in [5, 5.41) is 0. The van der Waals surface area contributed by atoms with Crippen molar-refractivity contribution in [1.29, 1.82) is 0 Å². The fraction of sp³-hybridized carbons (Fsp3) is 0.0909. The van der Waals surface area contributed by atoms with Gasteiger partial charge in [0.25, 0.3) is 11.8 Å². The first kappa shape index (κ1) is 22.5. The molecule has 32 heavy (non-hydrogen) atoms. The molecule has 2 aromatic rings. The summed E-state index contributed by atoms with van der Waals surface area (Å²) in [4.78, 5) is 52.5. The smallest absolute Gasteiger partial charge is 0.272 e. The van der Waals surface area contributed by atoms with Crippen LogP contribution < -0.4 is 9.80 Å². The third kappa shape index (κ3) is 3.95. The van der Waals surface area contributed by atoms with E-state index in [4.69, 9.17) is 24.4 Å². The van der Waals surface area contributed by atoms with Crippen molar-refractivity contribution in [1.82, 2.24) is 0 Å². The second kappa shape index (κ2) is 8.70. The van der Waals surface area contributed by atoms with Crippen molar-refractivity contribution >= 4 is 91.4 Å². The minimum atomic E-state index is -0.414. The van der Waals surface area contributed by atoms with Crippen molar-refractivity contribution < 1.29 is 19.2 Å². The fourth-order valence-electron chi connectivity index (χ4n) is 3.14. The van der Waals surface area contributed by atoms with E-state index in [2.05, 4.69) is 0 Å². The summed E-state index contributed by atoms with van der Waals surface area (Å²) in [6.07, 6.45) is 0. The number of ketones is 2. The number of thioether (sulfide) groups is 2. The van der Waals surface area contributed by atoms with E-state index < -0.39 is 11.8 Å². The van der Waals surface area contributed by atoms with Crippen molar-refractivity contribution in [3.8, 4) is 0 Å². The molecule has 0 N–H and O–H groups in total. The van der Waals surface area contributed by atoms with E-state index >= 15 is 0 Å². The fourth-order valence-corrected chi connectivity index (χ4v) is 5.90. The number of Topliss-reactive ketones (excluding diaryl/α,β-unsaturated/α-hetero) is 2. The molecular formula is C22H14N2O4S4. The summed E-state index contributed by atoms with van der Waals surface area (Å²) < 4.78 is 0.577. The van der Waals surface area contributed by atoms with E-state index in [1.54, 1.807) is 48.5 Å². The Morgan fingerprint density at radius 3 is 1.25 bits per heavy atom. The largest absolute Gasteiger partial charge is 0.295 e. The first-order valence-electron chi connectivity index (χ1n) is 9.28. The molecule has 6 nitrogen and oxygen atoms in total. The molecule has 4 rings (SSSR count). The minimum Gasteiger partial charge on any atom is -0.295 e.